The summed E-state index contributed by atoms with van der Waals surface area (Å²) < 4.78 is 13.1. The number of rotatable bonds is 5. The predicted molar refractivity (Wildman–Crippen MR) is 96.4 cm³/mol. The summed E-state index contributed by atoms with van der Waals surface area (Å²) in [6, 6.07) is 13.6. The Morgan fingerprint density at radius 1 is 1.08 bits per heavy atom. The third kappa shape index (κ3) is 2.84. The van der Waals surface area contributed by atoms with E-state index in [0.29, 0.717) is 18.1 Å². The lowest BCUT2D eigenvalue weighted by atomic mass is 10.1. The van der Waals surface area contributed by atoms with Crippen LogP contribution in [0.5, 0.6) is 0 Å². The van der Waals surface area contributed by atoms with Crippen LogP contribution in [0.4, 0.5) is 0 Å². The maximum atomic E-state index is 9.35. The molecule has 0 fully saturated rings. The number of benzene rings is 1. The second-order valence-corrected chi connectivity index (χ2v) is 6.16. The van der Waals surface area contributed by atoms with Gasteiger partial charge in [0.05, 0.1) is 24.3 Å². The first kappa shape index (κ1) is 16.4. The molecule has 6 heteroatoms. The molecule has 3 aromatic heterocycles. The fourth-order valence-electron chi connectivity index (χ4n) is 3.06. The van der Waals surface area contributed by atoms with Crippen LogP contribution >= 0.6 is 0 Å². The quantitative estimate of drug-likeness (QED) is 0.590. The van der Waals surface area contributed by atoms with E-state index >= 15 is 0 Å². The van der Waals surface area contributed by atoms with E-state index in [1.54, 1.807) is 12.4 Å². The van der Waals surface area contributed by atoms with Crippen LogP contribution in [0, 0.1) is 13.8 Å². The summed E-state index contributed by atoms with van der Waals surface area (Å²) in [6.07, 6.45) is 1.80. The lowest BCUT2D eigenvalue weighted by molar-refractivity contribution is 0.248. The van der Waals surface area contributed by atoms with Crippen LogP contribution in [0.25, 0.3) is 22.7 Å². The largest absolute Gasteiger partial charge is 0.457 e. The van der Waals surface area contributed by atoms with Crippen molar-refractivity contribution in [1.29, 1.82) is 0 Å². The zero-order valence-electron chi connectivity index (χ0n) is 14.6. The molecule has 0 aliphatic rings. The molecule has 1 N–H and O–H groups in total. The van der Waals surface area contributed by atoms with Crippen molar-refractivity contribution in [3.05, 3.63) is 71.6 Å². The minimum atomic E-state index is -0.140. The van der Waals surface area contributed by atoms with Crippen LogP contribution in [0.1, 0.15) is 22.8 Å². The van der Waals surface area contributed by atoms with Gasteiger partial charge in [0.1, 0.15) is 23.8 Å². The molecule has 26 heavy (non-hydrogen) atoms. The molecule has 0 saturated heterocycles. The Kier molecular flexibility index (Phi) is 4.18. The van der Waals surface area contributed by atoms with Crippen LogP contribution in [0.3, 0.4) is 0 Å². The number of hydrogen-bond donors (Lipinski definition) is 1. The van der Waals surface area contributed by atoms with Gasteiger partial charge < -0.3 is 18.6 Å². The second kappa shape index (κ2) is 6.65. The minimum Gasteiger partial charge on any atom is -0.457 e. The summed E-state index contributed by atoms with van der Waals surface area (Å²) in [5, 5.41) is 13.4. The van der Waals surface area contributed by atoms with Crippen molar-refractivity contribution in [2.45, 2.75) is 27.0 Å². The Morgan fingerprint density at radius 3 is 2.54 bits per heavy atom. The first-order chi connectivity index (χ1) is 12.7. The molecule has 6 nitrogen and oxygen atoms in total. The average molecular weight is 349 g/mol. The first-order valence-corrected chi connectivity index (χ1v) is 8.39. The maximum absolute atomic E-state index is 9.35. The van der Waals surface area contributed by atoms with Gasteiger partial charge in [-0.3, -0.25) is 0 Å². The van der Waals surface area contributed by atoms with E-state index in [9.17, 15) is 5.11 Å². The molecule has 0 amide bonds. The molecule has 0 aliphatic carbocycles. The van der Waals surface area contributed by atoms with Crippen LogP contribution in [-0.2, 0) is 13.2 Å². The number of imidazole rings is 1. The molecule has 0 spiro atoms. The van der Waals surface area contributed by atoms with Gasteiger partial charge in [-0.15, -0.1) is 0 Å². The summed E-state index contributed by atoms with van der Waals surface area (Å²) in [4.78, 5) is 4.63. The molecule has 0 unspecified atom stereocenters. The van der Waals surface area contributed by atoms with Gasteiger partial charge in [-0.05, 0) is 26.0 Å². The zero-order chi connectivity index (χ0) is 18.1. The van der Waals surface area contributed by atoms with E-state index < -0.39 is 0 Å². The normalized spacial score (nSPS) is 11.2. The molecule has 3 heterocycles. The molecular formula is C20H19N3O3. The molecule has 0 bridgehead atoms. The van der Waals surface area contributed by atoms with E-state index in [4.69, 9.17) is 8.94 Å². The van der Waals surface area contributed by atoms with E-state index in [1.165, 1.54) is 0 Å². The van der Waals surface area contributed by atoms with Crippen molar-refractivity contribution >= 4 is 0 Å². The van der Waals surface area contributed by atoms with Gasteiger partial charge in [-0.1, -0.05) is 35.5 Å². The first-order valence-electron chi connectivity index (χ1n) is 8.39. The van der Waals surface area contributed by atoms with E-state index in [-0.39, 0.29) is 6.61 Å². The highest BCUT2D eigenvalue weighted by atomic mass is 16.5. The number of aromatic nitrogens is 3. The number of hydrogen-bond acceptors (Lipinski definition) is 5. The lowest BCUT2D eigenvalue weighted by Gasteiger charge is -2.08. The summed E-state index contributed by atoms with van der Waals surface area (Å²) in [7, 11) is 0. The van der Waals surface area contributed by atoms with Crippen molar-refractivity contribution in [2.24, 2.45) is 0 Å². The Bertz CT molecular complexity index is 1010. The predicted octanol–water partition coefficient (Wildman–Crippen LogP) is 3.96. The van der Waals surface area contributed by atoms with Crippen molar-refractivity contribution < 1.29 is 14.0 Å². The van der Waals surface area contributed by atoms with Gasteiger partial charge in [-0.2, -0.15) is 0 Å². The van der Waals surface area contributed by atoms with Crippen molar-refractivity contribution in [3.8, 4) is 22.7 Å². The fraction of sp³-hybridized carbons (Fsp3) is 0.200. The molecule has 0 radical (unpaired) electrons. The van der Waals surface area contributed by atoms with Crippen LogP contribution in [0.2, 0.25) is 0 Å². The molecular weight excluding hydrogens is 330 g/mol. The molecule has 0 atom stereocenters. The van der Waals surface area contributed by atoms with Gasteiger partial charge in [0.15, 0.2) is 5.76 Å². The number of furan rings is 1. The summed E-state index contributed by atoms with van der Waals surface area (Å²) in [5.74, 6) is 1.97. The summed E-state index contributed by atoms with van der Waals surface area (Å²) in [5.41, 5.74) is 4.57. The highest BCUT2D eigenvalue weighted by molar-refractivity contribution is 5.76. The Balaban J connectivity index is 1.85. The number of aliphatic hydroxyl groups excluding tert-OH is 1. The number of aryl methyl sites for hydroxylation is 2. The highest BCUT2D eigenvalue weighted by Crippen LogP contribution is 2.33. The van der Waals surface area contributed by atoms with E-state index in [0.717, 1.165) is 34.0 Å². The van der Waals surface area contributed by atoms with Gasteiger partial charge in [0.25, 0.3) is 0 Å². The van der Waals surface area contributed by atoms with Crippen LogP contribution in [0.15, 0.2) is 57.7 Å². The molecule has 4 aromatic rings. The van der Waals surface area contributed by atoms with E-state index in [1.807, 2.05) is 54.8 Å². The van der Waals surface area contributed by atoms with E-state index in [2.05, 4.69) is 10.1 Å². The Morgan fingerprint density at radius 2 is 1.88 bits per heavy atom. The van der Waals surface area contributed by atoms with Crippen LogP contribution in [-0.4, -0.2) is 19.8 Å². The molecule has 4 rings (SSSR count). The van der Waals surface area contributed by atoms with Gasteiger partial charge in [0.2, 0.25) is 0 Å². The van der Waals surface area contributed by atoms with Crippen molar-refractivity contribution in [1.82, 2.24) is 14.7 Å². The van der Waals surface area contributed by atoms with Crippen molar-refractivity contribution in [3.63, 3.8) is 0 Å². The van der Waals surface area contributed by atoms with Gasteiger partial charge in [-0.25, -0.2) is 4.98 Å². The molecule has 0 saturated carbocycles. The standard InChI is InChI=1S/C20H19N3O3/c1-13-17(14(2)26-22-13)10-23-12-21-19(15-6-4-3-5-7-15)20(23)18-9-8-16(11-24)25-18/h3-9,12,24H,10-11H2,1-2H3. The Hall–Kier alpha value is -3.12. The third-order valence-electron chi connectivity index (χ3n) is 4.45. The van der Waals surface area contributed by atoms with Crippen LogP contribution < -0.4 is 0 Å². The lowest BCUT2D eigenvalue weighted by Crippen LogP contribution is -2.02. The summed E-state index contributed by atoms with van der Waals surface area (Å²) in [6.45, 7) is 4.27. The zero-order valence-corrected chi connectivity index (χ0v) is 14.6. The third-order valence-corrected chi connectivity index (χ3v) is 4.45. The minimum absolute atomic E-state index is 0.140. The SMILES string of the molecule is Cc1noc(C)c1Cn1cnc(-c2ccccc2)c1-c1ccc(CO)o1. The Labute approximate surface area is 150 Å². The number of aliphatic hydroxyl groups is 1. The highest BCUT2D eigenvalue weighted by Gasteiger charge is 2.20. The smallest absolute Gasteiger partial charge is 0.153 e. The number of nitrogens with zero attached hydrogens (tertiary/aromatic N) is 3. The fourth-order valence-corrected chi connectivity index (χ4v) is 3.06. The monoisotopic (exact) mass is 349 g/mol. The van der Waals surface area contributed by atoms with Gasteiger partial charge >= 0.3 is 0 Å². The maximum Gasteiger partial charge on any atom is 0.153 e. The molecule has 0 aliphatic heterocycles. The topological polar surface area (TPSA) is 77.2 Å². The molecule has 1 aromatic carbocycles. The van der Waals surface area contributed by atoms with Crippen molar-refractivity contribution in [2.75, 3.05) is 0 Å². The summed E-state index contributed by atoms with van der Waals surface area (Å²) >= 11 is 0. The molecule has 132 valence electrons. The average Bonchev–Trinajstić information content (AvgIpc) is 3.37. The van der Waals surface area contributed by atoms with Gasteiger partial charge in [0, 0.05) is 11.1 Å². The second-order valence-electron chi connectivity index (χ2n) is 6.16.